The van der Waals surface area contributed by atoms with Crippen LogP contribution in [0.15, 0.2) is 138 Å². The summed E-state index contributed by atoms with van der Waals surface area (Å²) in [5, 5.41) is 7.86. The van der Waals surface area contributed by atoms with Crippen LogP contribution in [0.5, 0.6) is 0 Å². The van der Waals surface area contributed by atoms with Gasteiger partial charge in [0, 0.05) is 48.7 Å². The van der Waals surface area contributed by atoms with Gasteiger partial charge in [-0.1, -0.05) is 60.0 Å². The molecule has 0 spiro atoms. The molecule has 0 aliphatic heterocycles. The average Bonchev–Trinajstić information content (AvgIpc) is 3.47. The quantitative estimate of drug-likeness (QED) is 0.130. The van der Waals surface area contributed by atoms with Gasteiger partial charge in [-0.05, 0) is 82.3 Å². The minimum absolute atomic E-state index is 0. The van der Waals surface area contributed by atoms with Gasteiger partial charge in [-0.15, -0.1) is 65.5 Å². The van der Waals surface area contributed by atoms with E-state index in [-0.39, 0.29) is 20.1 Å². The van der Waals surface area contributed by atoms with Crippen LogP contribution in [-0.4, -0.2) is 9.97 Å². The van der Waals surface area contributed by atoms with Crippen molar-refractivity contribution in [3.63, 3.8) is 0 Å². The number of hydrogen-bond donors (Lipinski definition) is 0. The molecule has 0 bridgehead atoms. The van der Waals surface area contributed by atoms with Crippen LogP contribution in [0.2, 0.25) is 0 Å². The van der Waals surface area contributed by atoms with Gasteiger partial charge in [0.05, 0.1) is 0 Å². The van der Waals surface area contributed by atoms with Gasteiger partial charge in [-0.3, -0.25) is 0 Å². The molecule has 0 fully saturated rings. The molecule has 9 rings (SSSR count). The predicted octanol–water partition coefficient (Wildman–Crippen LogP) is 11.1. The second-order valence-electron chi connectivity index (χ2n) is 11.3. The summed E-state index contributed by atoms with van der Waals surface area (Å²) in [4.78, 5) is 8.94. The van der Waals surface area contributed by atoms with E-state index in [1.54, 1.807) is 6.20 Å². The van der Waals surface area contributed by atoms with Gasteiger partial charge < -0.3 is 14.4 Å². The first-order valence-corrected chi connectivity index (χ1v) is 15.1. The van der Waals surface area contributed by atoms with Crippen molar-refractivity contribution >= 4 is 54.4 Å². The summed E-state index contributed by atoms with van der Waals surface area (Å²) in [5.41, 5.74) is 9.82. The van der Waals surface area contributed by atoms with Crippen molar-refractivity contribution < 1.29 is 24.5 Å². The summed E-state index contributed by atoms with van der Waals surface area (Å²) < 4.78 is 6.63. The molecule has 6 aromatic carbocycles. The Hall–Kier alpha value is -5.15. The Morgan fingerprint density at radius 1 is 0.587 bits per heavy atom. The third-order valence-electron chi connectivity index (χ3n) is 8.52. The zero-order chi connectivity index (χ0) is 30.3. The minimum Gasteiger partial charge on any atom is -0.455 e. The van der Waals surface area contributed by atoms with Crippen LogP contribution in [0, 0.1) is 26.0 Å². The van der Waals surface area contributed by atoms with E-state index < -0.39 is 0 Å². The fourth-order valence-electron chi connectivity index (χ4n) is 6.50. The van der Waals surface area contributed by atoms with Gasteiger partial charge in [0.25, 0.3) is 0 Å². The monoisotopic (exact) mass is 769 g/mol. The first kappa shape index (κ1) is 29.6. The molecule has 46 heavy (non-hydrogen) atoms. The summed E-state index contributed by atoms with van der Waals surface area (Å²) in [6.07, 6.45) is 3.64. The molecule has 0 saturated heterocycles. The van der Waals surface area contributed by atoms with Crippen LogP contribution >= 0.6 is 0 Å². The molecular formula is C42H28IrN2O-2. The fraction of sp³-hybridized carbons (Fsp3) is 0.0476. The summed E-state index contributed by atoms with van der Waals surface area (Å²) in [6, 6.07) is 48.0. The van der Waals surface area contributed by atoms with Crippen LogP contribution in [0.3, 0.4) is 0 Å². The largest absolute Gasteiger partial charge is 0.455 e. The Kier molecular flexibility index (Phi) is 7.92. The van der Waals surface area contributed by atoms with E-state index in [1.807, 2.05) is 66.9 Å². The maximum Gasteiger partial charge on any atom is 0.142 e. The van der Waals surface area contributed by atoms with Crippen molar-refractivity contribution in [2.24, 2.45) is 0 Å². The SMILES string of the molecule is Cc1cccc(C)c1-c1ccc2c(c1)oc1c2ccc2c3ccc[c-]c3c3ncccc3c21.[Ir].[c-]1ccccc1-c1ccccn1. The Morgan fingerprint density at radius 3 is 2.15 bits per heavy atom. The number of nitrogens with zero attached hydrogens (tertiary/aromatic N) is 2. The van der Waals surface area contributed by atoms with E-state index in [9.17, 15) is 0 Å². The standard InChI is InChI=1S/C31H20NO.C11H8N.Ir/c1-18-7-5-8-19(2)28(18)20-12-13-22-25-15-14-23-21-9-3-4-10-24(21)30-26(11-6-16-32-30)29(23)31(25)33-27(22)17-20;1-2-6-10(7-3-1)11-8-4-5-9-12-11;/h3-9,11-17H,1-2H3;1-6,8-9H;/q2*-1;. The Labute approximate surface area is 280 Å². The Balaban J connectivity index is 0.000000220. The van der Waals surface area contributed by atoms with Crippen LogP contribution in [0.1, 0.15) is 11.1 Å². The van der Waals surface area contributed by atoms with Crippen molar-refractivity contribution in [2.75, 3.05) is 0 Å². The fourth-order valence-corrected chi connectivity index (χ4v) is 6.50. The third-order valence-corrected chi connectivity index (χ3v) is 8.52. The molecule has 0 amide bonds. The predicted molar refractivity (Wildman–Crippen MR) is 186 cm³/mol. The molecule has 3 aromatic heterocycles. The zero-order valence-electron chi connectivity index (χ0n) is 25.3. The van der Waals surface area contributed by atoms with Gasteiger partial charge in [0.15, 0.2) is 0 Å². The summed E-state index contributed by atoms with van der Waals surface area (Å²) in [5.74, 6) is 0. The van der Waals surface area contributed by atoms with Crippen molar-refractivity contribution in [3.8, 4) is 22.4 Å². The number of pyridine rings is 2. The van der Waals surface area contributed by atoms with E-state index in [0.717, 1.165) is 60.3 Å². The number of aryl methyl sites for hydroxylation is 2. The topological polar surface area (TPSA) is 38.9 Å². The summed E-state index contributed by atoms with van der Waals surface area (Å²) in [6.45, 7) is 4.33. The van der Waals surface area contributed by atoms with Gasteiger partial charge in [0.2, 0.25) is 0 Å². The molecule has 0 aliphatic carbocycles. The second kappa shape index (κ2) is 12.3. The zero-order valence-corrected chi connectivity index (χ0v) is 27.7. The van der Waals surface area contributed by atoms with Crippen LogP contribution in [-0.2, 0) is 20.1 Å². The van der Waals surface area contributed by atoms with Gasteiger partial charge in [-0.2, -0.15) is 0 Å². The molecule has 0 unspecified atom stereocenters. The maximum absolute atomic E-state index is 6.63. The second-order valence-corrected chi connectivity index (χ2v) is 11.3. The molecule has 223 valence electrons. The summed E-state index contributed by atoms with van der Waals surface area (Å²) >= 11 is 0. The Morgan fingerprint density at radius 2 is 1.35 bits per heavy atom. The number of fused-ring (bicyclic) bond motifs is 10. The molecule has 0 saturated carbocycles. The van der Waals surface area contributed by atoms with Gasteiger partial charge >= 0.3 is 0 Å². The van der Waals surface area contributed by atoms with Gasteiger partial charge in [0.1, 0.15) is 11.2 Å². The number of hydrogen-bond acceptors (Lipinski definition) is 3. The van der Waals surface area contributed by atoms with Gasteiger partial charge in [-0.25, -0.2) is 0 Å². The molecule has 1 radical (unpaired) electrons. The molecule has 9 aromatic rings. The van der Waals surface area contributed by atoms with Crippen molar-refractivity contribution in [1.82, 2.24) is 9.97 Å². The van der Waals surface area contributed by atoms with Crippen LogP contribution in [0.4, 0.5) is 0 Å². The van der Waals surface area contributed by atoms with E-state index in [4.69, 9.17) is 9.40 Å². The normalized spacial score (nSPS) is 11.1. The van der Waals surface area contributed by atoms with Crippen molar-refractivity contribution in [1.29, 1.82) is 0 Å². The van der Waals surface area contributed by atoms with E-state index in [1.165, 1.54) is 27.6 Å². The minimum atomic E-state index is 0. The van der Waals surface area contributed by atoms with Crippen molar-refractivity contribution in [2.45, 2.75) is 13.8 Å². The van der Waals surface area contributed by atoms with Crippen molar-refractivity contribution in [3.05, 3.63) is 157 Å². The average molecular weight is 769 g/mol. The summed E-state index contributed by atoms with van der Waals surface area (Å²) in [7, 11) is 0. The molecule has 0 aliphatic rings. The number of rotatable bonds is 2. The van der Waals surface area contributed by atoms with Crippen LogP contribution in [0.25, 0.3) is 76.8 Å². The molecule has 0 atom stereocenters. The van der Waals surface area contributed by atoms with E-state index in [2.05, 4.69) is 91.6 Å². The first-order chi connectivity index (χ1) is 22.2. The maximum atomic E-state index is 6.63. The molecule has 4 heteroatoms. The number of benzene rings is 6. The molecule has 3 heterocycles. The number of aromatic nitrogens is 2. The first-order valence-electron chi connectivity index (χ1n) is 15.1. The number of furan rings is 1. The molecule has 0 N–H and O–H groups in total. The van der Waals surface area contributed by atoms with E-state index in [0.29, 0.717) is 0 Å². The molecule has 3 nitrogen and oxygen atoms in total. The van der Waals surface area contributed by atoms with Crippen LogP contribution < -0.4 is 0 Å². The third kappa shape index (κ3) is 5.06. The Bertz CT molecular complexity index is 2410. The van der Waals surface area contributed by atoms with E-state index >= 15 is 0 Å². The smallest absolute Gasteiger partial charge is 0.142 e. The molecular weight excluding hydrogens is 741 g/mol.